The molecule has 0 fully saturated rings. The van der Waals surface area contributed by atoms with Crippen LogP contribution in [0.2, 0.25) is 0 Å². The van der Waals surface area contributed by atoms with Crippen molar-refractivity contribution in [2.24, 2.45) is 0 Å². The summed E-state index contributed by atoms with van der Waals surface area (Å²) >= 11 is 14.5. The molecule has 12 heteroatoms. The molecule has 68 heavy (non-hydrogen) atoms. The number of anilines is 12. The van der Waals surface area contributed by atoms with Gasteiger partial charge in [0.1, 0.15) is 0 Å². The van der Waals surface area contributed by atoms with E-state index in [0.717, 1.165) is 0 Å². The average Bonchev–Trinajstić information content (AvgIpc) is 4.20. The summed E-state index contributed by atoms with van der Waals surface area (Å²) in [6, 6.07) is 33.2. The summed E-state index contributed by atoms with van der Waals surface area (Å²) in [6.07, 6.45) is 0. The van der Waals surface area contributed by atoms with E-state index in [0.29, 0.717) is 0 Å². The average molecular weight is 1030 g/mol. The van der Waals surface area contributed by atoms with E-state index in [4.69, 9.17) is 0 Å². The summed E-state index contributed by atoms with van der Waals surface area (Å²) in [5.74, 6) is 0. The fourth-order valence-electron chi connectivity index (χ4n) is 10.1. The normalized spacial score (nSPS) is 11.8. The lowest BCUT2D eigenvalue weighted by Gasteiger charge is -2.34. The maximum Gasteiger partial charge on any atom is 0.0598 e. The van der Waals surface area contributed by atoms with E-state index in [9.17, 15) is 0 Å². The van der Waals surface area contributed by atoms with Crippen LogP contribution in [-0.2, 0) is 0 Å². The van der Waals surface area contributed by atoms with Gasteiger partial charge in [0.25, 0.3) is 0 Å². The van der Waals surface area contributed by atoms with E-state index in [1.807, 2.05) is 90.7 Å². The lowest BCUT2D eigenvalue weighted by molar-refractivity contribution is 1.25. The van der Waals surface area contributed by atoms with Crippen molar-refractivity contribution in [2.75, 3.05) is 19.6 Å². The zero-order chi connectivity index (χ0) is 46.5. The molecule has 0 unspecified atom stereocenters. The molecule has 0 amide bonds. The smallest absolute Gasteiger partial charge is 0.0598 e. The Bertz CT molecular complexity index is 3160. The molecule has 338 valence electrons. The van der Waals surface area contributed by atoms with Crippen LogP contribution in [0.3, 0.4) is 0 Å². The third-order valence-electron chi connectivity index (χ3n) is 13.4. The Morgan fingerprint density at radius 1 is 0.221 bits per heavy atom. The molecule has 0 aliphatic carbocycles. The molecule has 8 heterocycles. The van der Waals surface area contributed by atoms with E-state index in [1.54, 1.807) is 0 Å². The van der Waals surface area contributed by atoms with Gasteiger partial charge in [-0.25, -0.2) is 0 Å². The molecule has 0 bridgehead atoms. The second-order valence-corrected chi connectivity index (χ2v) is 26.1. The Morgan fingerprint density at radius 3 is 0.515 bits per heavy atom. The van der Waals surface area contributed by atoms with Gasteiger partial charge in [0.15, 0.2) is 0 Å². The van der Waals surface area contributed by atoms with E-state index in [1.165, 1.54) is 140 Å². The van der Waals surface area contributed by atoms with Gasteiger partial charge in [-0.3, -0.25) is 0 Å². The van der Waals surface area contributed by atoms with Crippen molar-refractivity contribution < 1.29 is 0 Å². The van der Waals surface area contributed by atoms with Crippen LogP contribution in [0, 0.1) is 55.4 Å². The van der Waals surface area contributed by atoms with Crippen LogP contribution in [0.4, 0.5) is 68.2 Å². The van der Waals surface area contributed by atoms with E-state index in [-0.39, 0.29) is 0 Å². The number of hydrogen-bond donors (Lipinski definition) is 0. The molecule has 0 spiro atoms. The monoisotopic (exact) mass is 1030 g/mol. The minimum absolute atomic E-state index is 1.17. The molecule has 8 aromatic heterocycles. The Labute approximate surface area is 429 Å². The van der Waals surface area contributed by atoms with Gasteiger partial charge in [0.2, 0.25) is 0 Å². The third kappa shape index (κ3) is 6.93. The highest BCUT2D eigenvalue weighted by Crippen LogP contribution is 2.57. The number of nitrogens with zero attached hydrogens (tertiary/aromatic N) is 4. The molecule has 0 saturated heterocycles. The summed E-state index contributed by atoms with van der Waals surface area (Å²) in [4.78, 5) is 20.5. The van der Waals surface area contributed by atoms with Gasteiger partial charge < -0.3 is 19.6 Å². The van der Waals surface area contributed by atoms with Crippen LogP contribution in [0.5, 0.6) is 0 Å². The molecule has 12 aromatic rings. The number of thiophene rings is 8. The molecular weight excluding hydrogens is 985 g/mol. The topological polar surface area (TPSA) is 13.0 Å². The Morgan fingerprint density at radius 2 is 0.382 bits per heavy atom. The highest BCUT2D eigenvalue weighted by atomic mass is 32.1. The highest BCUT2D eigenvalue weighted by Gasteiger charge is 2.32. The Hall–Kier alpha value is -5.28. The van der Waals surface area contributed by atoms with Gasteiger partial charge in [-0.1, -0.05) is 24.3 Å². The van der Waals surface area contributed by atoms with Crippen LogP contribution in [0.15, 0.2) is 128 Å². The largest absolute Gasteiger partial charge is 0.308 e. The predicted molar refractivity (Wildman–Crippen MR) is 310 cm³/mol. The molecule has 4 nitrogen and oxygen atoms in total. The van der Waals surface area contributed by atoms with Crippen LogP contribution in [0.1, 0.15) is 39.0 Å². The molecule has 0 radical (unpaired) electrons. The summed E-state index contributed by atoms with van der Waals surface area (Å²) in [5.41, 5.74) is 14.4. The molecule has 0 aliphatic heterocycles. The highest BCUT2D eigenvalue weighted by molar-refractivity contribution is 7.12. The second kappa shape index (κ2) is 17.3. The molecule has 0 saturated carbocycles. The van der Waals surface area contributed by atoms with Gasteiger partial charge in [0, 0.05) is 71.3 Å². The summed E-state index contributed by atoms with van der Waals surface area (Å²) in [6.45, 7) is 18.1. The van der Waals surface area contributed by atoms with Crippen LogP contribution < -0.4 is 19.6 Å². The zero-order valence-electron chi connectivity index (χ0n) is 38.8. The van der Waals surface area contributed by atoms with E-state index < -0.39 is 0 Å². The predicted octanol–water partition coefficient (Wildman–Crippen LogP) is 21.4. The van der Waals surface area contributed by atoms with Gasteiger partial charge in [-0.05, 0) is 159 Å². The molecule has 4 aromatic carbocycles. The molecule has 0 aliphatic rings. The second-order valence-electron chi connectivity index (χ2n) is 17.1. The van der Waals surface area contributed by atoms with Crippen molar-refractivity contribution in [3.63, 3.8) is 0 Å². The van der Waals surface area contributed by atoms with E-state index >= 15 is 0 Å². The Kier molecular flexibility index (Phi) is 11.2. The maximum atomic E-state index is 2.56. The summed E-state index contributed by atoms with van der Waals surface area (Å²) < 4.78 is 0. The van der Waals surface area contributed by atoms with E-state index in [2.05, 4.69) is 203 Å². The maximum absolute atomic E-state index is 2.56. The van der Waals surface area contributed by atoms with Gasteiger partial charge >= 0.3 is 0 Å². The number of aryl methyl sites for hydroxylation is 8. The first-order valence-electron chi connectivity index (χ1n) is 22.4. The zero-order valence-corrected chi connectivity index (χ0v) is 45.3. The molecule has 12 rings (SSSR count). The van der Waals surface area contributed by atoms with Gasteiger partial charge in [-0.2, -0.15) is 0 Å². The number of hydrogen-bond acceptors (Lipinski definition) is 12. The summed E-state index contributed by atoms with van der Waals surface area (Å²) in [7, 11) is 0. The van der Waals surface area contributed by atoms with Crippen LogP contribution >= 0.6 is 90.7 Å². The quantitative estimate of drug-likeness (QED) is 0.113. The summed E-state index contributed by atoms with van der Waals surface area (Å²) in [5, 5.41) is 25.3. The molecule has 0 atom stereocenters. The first-order chi connectivity index (χ1) is 33.1. The fraction of sp³-hybridized carbons (Fsp3) is 0.143. The third-order valence-corrected chi connectivity index (χ3v) is 20.0. The fourth-order valence-corrected chi connectivity index (χ4v) is 15.5. The van der Waals surface area contributed by atoms with Crippen molar-refractivity contribution >= 4 is 191 Å². The molecular formula is C56H46N4S8. The van der Waals surface area contributed by atoms with Crippen molar-refractivity contribution in [2.45, 2.75) is 55.4 Å². The van der Waals surface area contributed by atoms with Crippen molar-refractivity contribution in [3.05, 3.63) is 167 Å². The first-order valence-corrected chi connectivity index (χ1v) is 29.4. The van der Waals surface area contributed by atoms with Gasteiger partial charge in [-0.15, -0.1) is 90.7 Å². The van der Waals surface area contributed by atoms with Crippen molar-refractivity contribution in [1.29, 1.82) is 0 Å². The first kappa shape index (κ1) is 44.0. The lowest BCUT2D eigenvalue weighted by Crippen LogP contribution is -2.16. The lowest BCUT2D eigenvalue weighted by atomic mass is 9.89. The number of rotatable bonds is 12. The minimum Gasteiger partial charge on any atom is -0.308 e. The van der Waals surface area contributed by atoms with Crippen molar-refractivity contribution in [3.8, 4) is 0 Å². The minimum atomic E-state index is 1.17. The standard InChI is InChI=1S/C56H46N4S8/c1-31-43(13-21-61-31)57(44-14-22-62-32(44)2)51-29-52(58(45-15-23-63-33(45)3)46-16-24-64-34(46)4)40-11-12-42-54(60(49-19-27-67-37(49)7)50-20-28-68-38(50)8)30-53(41-10-9-39(51)55(40)56(41)42)59(47-17-25-65-35(47)5)48-18-26-66-36(48)6/h9-30H,1-8H3. The SMILES string of the molecule is Cc1sccc1N(c1ccsc1C)c1cc(N(c2ccsc2C)c2ccsc2C)c2ccc3c(N(c4ccsc4C)c4ccsc4C)cc(N(c4ccsc4C)c4ccsc4C)c4ccc1c2c43. The Balaban J connectivity index is 1.30. The van der Waals surface area contributed by atoms with Gasteiger partial charge in [0.05, 0.1) is 68.2 Å². The van der Waals surface area contributed by atoms with Crippen LogP contribution in [-0.4, -0.2) is 0 Å². The number of benzene rings is 4. The van der Waals surface area contributed by atoms with Crippen LogP contribution in [0.25, 0.3) is 32.3 Å². The van der Waals surface area contributed by atoms with Crippen molar-refractivity contribution in [1.82, 2.24) is 0 Å². The molecule has 0 N–H and O–H groups in total.